The lowest BCUT2D eigenvalue weighted by Crippen LogP contribution is -2.24. The van der Waals surface area contributed by atoms with E-state index in [0.717, 1.165) is 22.2 Å². The van der Waals surface area contributed by atoms with Gasteiger partial charge in [-0.2, -0.15) is 0 Å². The smallest absolute Gasteiger partial charge is 0.230 e. The average molecular weight is 381 g/mol. The van der Waals surface area contributed by atoms with Crippen molar-refractivity contribution in [1.29, 1.82) is 0 Å². The Labute approximate surface area is 164 Å². The molecule has 1 amide bonds. The van der Waals surface area contributed by atoms with Crippen molar-refractivity contribution in [1.82, 2.24) is 20.1 Å². The highest BCUT2D eigenvalue weighted by molar-refractivity contribution is 7.99. The molecule has 1 heterocycles. The molecule has 0 saturated carbocycles. The second kappa shape index (κ2) is 8.86. The first-order valence-electron chi connectivity index (χ1n) is 9.03. The van der Waals surface area contributed by atoms with Crippen LogP contribution in [0.3, 0.4) is 0 Å². The fourth-order valence-corrected chi connectivity index (χ4v) is 3.76. The molecule has 3 rings (SSSR count). The number of thioether (sulfide) groups is 1. The molecule has 0 bridgehead atoms. The molecule has 2 aromatic carbocycles. The molecule has 27 heavy (non-hydrogen) atoms. The zero-order chi connectivity index (χ0) is 19.2. The number of aryl methyl sites for hydroxylation is 2. The van der Waals surface area contributed by atoms with E-state index in [4.69, 9.17) is 0 Å². The largest absolute Gasteiger partial charge is 0.356 e. The Morgan fingerprint density at radius 2 is 1.89 bits per heavy atom. The molecule has 0 unspecified atom stereocenters. The van der Waals surface area contributed by atoms with Gasteiger partial charge < -0.3 is 5.32 Å². The number of hydrogen-bond acceptors (Lipinski definition) is 4. The van der Waals surface area contributed by atoms with Crippen LogP contribution in [0.2, 0.25) is 0 Å². The summed E-state index contributed by atoms with van der Waals surface area (Å²) >= 11 is 1.41. The van der Waals surface area contributed by atoms with E-state index in [0.29, 0.717) is 18.7 Å². The van der Waals surface area contributed by atoms with Crippen molar-refractivity contribution in [3.05, 3.63) is 71.0 Å². The minimum atomic E-state index is 0.00212. The summed E-state index contributed by atoms with van der Waals surface area (Å²) in [5.41, 5.74) is 4.60. The van der Waals surface area contributed by atoms with Gasteiger partial charge in [-0.15, -0.1) is 10.2 Å². The van der Waals surface area contributed by atoms with Crippen molar-refractivity contribution in [3.8, 4) is 5.69 Å². The second-order valence-electron chi connectivity index (χ2n) is 6.43. The van der Waals surface area contributed by atoms with Gasteiger partial charge in [0.1, 0.15) is 5.82 Å². The Hall–Kier alpha value is -2.60. The molecule has 3 aromatic rings. The van der Waals surface area contributed by atoms with E-state index in [9.17, 15) is 4.79 Å². The van der Waals surface area contributed by atoms with Crippen LogP contribution >= 0.6 is 11.8 Å². The molecular formula is C21H24N4OS. The van der Waals surface area contributed by atoms with E-state index in [-0.39, 0.29) is 5.91 Å². The van der Waals surface area contributed by atoms with E-state index >= 15 is 0 Å². The summed E-state index contributed by atoms with van der Waals surface area (Å²) in [6, 6.07) is 16.6. The average Bonchev–Trinajstić information content (AvgIpc) is 3.03. The number of hydrogen-bond donors (Lipinski definition) is 1. The molecule has 0 aliphatic rings. The van der Waals surface area contributed by atoms with Gasteiger partial charge in [0, 0.05) is 13.0 Å². The highest BCUT2D eigenvalue weighted by Crippen LogP contribution is 2.26. The van der Waals surface area contributed by atoms with Crippen LogP contribution in [-0.4, -0.2) is 33.0 Å². The van der Waals surface area contributed by atoms with Gasteiger partial charge in [0.15, 0.2) is 5.16 Å². The predicted octanol–water partition coefficient (Wildman–Crippen LogP) is 3.70. The van der Waals surface area contributed by atoms with Crippen LogP contribution in [0.25, 0.3) is 5.69 Å². The van der Waals surface area contributed by atoms with E-state index in [2.05, 4.69) is 64.3 Å². The first-order chi connectivity index (χ1) is 13.1. The van der Waals surface area contributed by atoms with E-state index in [1.807, 2.05) is 25.1 Å². The zero-order valence-electron chi connectivity index (χ0n) is 15.9. The molecule has 0 aliphatic carbocycles. The Balaban J connectivity index is 1.97. The molecule has 0 aliphatic heterocycles. The van der Waals surface area contributed by atoms with E-state index in [1.54, 1.807) is 0 Å². The number of rotatable bonds is 7. The molecule has 1 N–H and O–H groups in total. The van der Waals surface area contributed by atoms with Crippen molar-refractivity contribution in [2.75, 3.05) is 12.3 Å². The standard InChI is InChI=1S/C21H24N4OS/c1-4-22-20(26)14-27-21-24-23-19(13-17-8-6-5-7-9-17)25(21)18-11-10-15(2)12-16(18)3/h5-12H,4,13-14H2,1-3H3,(H,22,26). The Bertz CT molecular complexity index is 921. The van der Waals surface area contributed by atoms with Crippen LogP contribution < -0.4 is 5.32 Å². The molecule has 1 aromatic heterocycles. The zero-order valence-corrected chi connectivity index (χ0v) is 16.7. The first kappa shape index (κ1) is 19.2. The van der Waals surface area contributed by atoms with Crippen LogP contribution in [0, 0.1) is 13.8 Å². The lowest BCUT2D eigenvalue weighted by molar-refractivity contribution is -0.118. The predicted molar refractivity (Wildman–Crippen MR) is 109 cm³/mol. The summed E-state index contributed by atoms with van der Waals surface area (Å²) in [4.78, 5) is 11.9. The van der Waals surface area contributed by atoms with Gasteiger partial charge in [0.2, 0.25) is 5.91 Å². The molecule has 0 fully saturated rings. The first-order valence-corrected chi connectivity index (χ1v) is 10.0. The summed E-state index contributed by atoms with van der Waals surface area (Å²) < 4.78 is 2.08. The second-order valence-corrected chi connectivity index (χ2v) is 7.37. The van der Waals surface area contributed by atoms with Gasteiger partial charge in [0.05, 0.1) is 11.4 Å². The van der Waals surface area contributed by atoms with Crippen molar-refractivity contribution < 1.29 is 4.79 Å². The Morgan fingerprint density at radius 3 is 2.59 bits per heavy atom. The SMILES string of the molecule is CCNC(=O)CSc1nnc(Cc2ccccc2)n1-c1ccc(C)cc1C. The van der Waals surface area contributed by atoms with Crippen molar-refractivity contribution in [2.24, 2.45) is 0 Å². The minimum Gasteiger partial charge on any atom is -0.356 e. The van der Waals surface area contributed by atoms with Crippen LogP contribution in [0.5, 0.6) is 0 Å². The maximum Gasteiger partial charge on any atom is 0.230 e. The summed E-state index contributed by atoms with van der Waals surface area (Å²) in [6.07, 6.45) is 0.683. The van der Waals surface area contributed by atoms with Crippen LogP contribution in [0.1, 0.15) is 29.4 Å². The van der Waals surface area contributed by atoms with Crippen LogP contribution in [0.15, 0.2) is 53.7 Å². The summed E-state index contributed by atoms with van der Waals surface area (Å²) in [5.74, 6) is 1.19. The van der Waals surface area contributed by atoms with Crippen molar-refractivity contribution >= 4 is 17.7 Å². The lowest BCUT2D eigenvalue weighted by atomic mass is 10.1. The molecule has 0 atom stereocenters. The number of carbonyl (C=O) groups is 1. The third-order valence-electron chi connectivity index (χ3n) is 4.20. The highest BCUT2D eigenvalue weighted by Gasteiger charge is 2.17. The van der Waals surface area contributed by atoms with Crippen LogP contribution in [0.4, 0.5) is 0 Å². The van der Waals surface area contributed by atoms with Gasteiger partial charge in [-0.1, -0.05) is 59.8 Å². The number of aromatic nitrogens is 3. The molecule has 0 saturated heterocycles. The summed E-state index contributed by atoms with van der Waals surface area (Å²) in [6.45, 7) is 6.71. The third kappa shape index (κ3) is 4.77. The Kier molecular flexibility index (Phi) is 6.29. The number of carbonyl (C=O) groups excluding carboxylic acids is 1. The number of benzene rings is 2. The third-order valence-corrected chi connectivity index (χ3v) is 5.13. The fraction of sp³-hybridized carbons (Fsp3) is 0.286. The molecule has 140 valence electrons. The molecule has 0 radical (unpaired) electrons. The van der Waals surface area contributed by atoms with E-state index in [1.165, 1.54) is 22.9 Å². The summed E-state index contributed by atoms with van der Waals surface area (Å²) in [7, 11) is 0. The number of nitrogens with zero attached hydrogens (tertiary/aromatic N) is 3. The van der Waals surface area contributed by atoms with E-state index < -0.39 is 0 Å². The number of amides is 1. The monoisotopic (exact) mass is 380 g/mol. The normalized spacial score (nSPS) is 10.8. The maximum atomic E-state index is 11.9. The lowest BCUT2D eigenvalue weighted by Gasteiger charge is -2.13. The fourth-order valence-electron chi connectivity index (χ4n) is 2.96. The topological polar surface area (TPSA) is 59.8 Å². The van der Waals surface area contributed by atoms with Crippen LogP contribution in [-0.2, 0) is 11.2 Å². The van der Waals surface area contributed by atoms with Crippen molar-refractivity contribution in [3.63, 3.8) is 0 Å². The molecule has 5 nitrogen and oxygen atoms in total. The minimum absolute atomic E-state index is 0.00212. The quantitative estimate of drug-likeness (QED) is 0.635. The molecular weight excluding hydrogens is 356 g/mol. The van der Waals surface area contributed by atoms with Crippen molar-refractivity contribution in [2.45, 2.75) is 32.3 Å². The van der Waals surface area contributed by atoms with Gasteiger partial charge in [-0.05, 0) is 38.0 Å². The van der Waals surface area contributed by atoms with Gasteiger partial charge in [-0.25, -0.2) is 0 Å². The molecule has 6 heteroatoms. The molecule has 0 spiro atoms. The number of nitrogens with one attached hydrogen (secondary N) is 1. The highest BCUT2D eigenvalue weighted by atomic mass is 32.2. The summed E-state index contributed by atoms with van der Waals surface area (Å²) in [5, 5.41) is 12.4. The van der Waals surface area contributed by atoms with Gasteiger partial charge in [0.25, 0.3) is 0 Å². The van der Waals surface area contributed by atoms with Gasteiger partial charge in [-0.3, -0.25) is 9.36 Å². The maximum absolute atomic E-state index is 11.9. The Morgan fingerprint density at radius 1 is 1.11 bits per heavy atom. The van der Waals surface area contributed by atoms with Gasteiger partial charge >= 0.3 is 0 Å².